The molecule has 8 heteroatoms. The average molecular weight is 442 g/mol. The van der Waals surface area contributed by atoms with E-state index in [9.17, 15) is 4.79 Å². The molecule has 1 fully saturated rings. The molecule has 1 saturated heterocycles. The Bertz CT molecular complexity index is 1030. The Morgan fingerprint density at radius 3 is 2.54 bits per heavy atom. The number of hydrogen-bond acceptors (Lipinski definition) is 7. The molecule has 144 valence electrons. The van der Waals surface area contributed by atoms with Gasteiger partial charge in [0.25, 0.3) is 0 Å². The van der Waals surface area contributed by atoms with Crippen LogP contribution in [0.5, 0.6) is 0 Å². The second-order valence-corrected chi connectivity index (χ2v) is 7.53. The molecule has 1 aromatic carbocycles. The van der Waals surface area contributed by atoms with E-state index >= 15 is 0 Å². The Morgan fingerprint density at radius 2 is 1.82 bits per heavy atom. The number of pyridine rings is 1. The number of carbonyl (C=O) groups is 1. The highest BCUT2D eigenvalue weighted by atomic mass is 79.9. The molecule has 0 radical (unpaired) electrons. The van der Waals surface area contributed by atoms with Crippen LogP contribution in [-0.4, -0.2) is 54.2 Å². The molecule has 4 rings (SSSR count). The number of rotatable bonds is 3. The van der Waals surface area contributed by atoms with Crippen LogP contribution in [0.4, 0.5) is 11.5 Å². The molecule has 0 atom stereocenters. The van der Waals surface area contributed by atoms with Gasteiger partial charge in [0.05, 0.1) is 12.6 Å². The monoisotopic (exact) mass is 441 g/mol. The van der Waals surface area contributed by atoms with Crippen molar-refractivity contribution >= 4 is 44.3 Å². The summed E-state index contributed by atoms with van der Waals surface area (Å²) in [5.41, 5.74) is 2.08. The number of anilines is 2. The van der Waals surface area contributed by atoms with Gasteiger partial charge < -0.3 is 14.5 Å². The number of halogens is 1. The Balaban J connectivity index is 1.65. The van der Waals surface area contributed by atoms with Crippen molar-refractivity contribution in [3.05, 3.63) is 52.5 Å². The fourth-order valence-corrected chi connectivity index (χ4v) is 3.81. The van der Waals surface area contributed by atoms with E-state index in [1.807, 2.05) is 37.3 Å². The fraction of sp³-hybridized carbons (Fsp3) is 0.300. The van der Waals surface area contributed by atoms with Crippen LogP contribution in [0.1, 0.15) is 16.3 Å². The molecule has 0 aliphatic carbocycles. The fourth-order valence-electron chi connectivity index (χ4n) is 3.45. The van der Waals surface area contributed by atoms with Crippen molar-refractivity contribution in [1.82, 2.24) is 15.0 Å². The Morgan fingerprint density at radius 1 is 1.07 bits per heavy atom. The van der Waals surface area contributed by atoms with E-state index in [0.29, 0.717) is 5.69 Å². The van der Waals surface area contributed by atoms with Gasteiger partial charge in [-0.1, -0.05) is 15.9 Å². The van der Waals surface area contributed by atoms with Crippen molar-refractivity contribution in [3.63, 3.8) is 0 Å². The molecule has 3 heterocycles. The van der Waals surface area contributed by atoms with E-state index in [-0.39, 0.29) is 0 Å². The van der Waals surface area contributed by atoms with E-state index < -0.39 is 5.97 Å². The van der Waals surface area contributed by atoms with Crippen molar-refractivity contribution in [2.45, 2.75) is 6.92 Å². The number of piperazine rings is 1. The molecule has 0 bridgehead atoms. The van der Waals surface area contributed by atoms with E-state index in [0.717, 1.165) is 58.9 Å². The van der Waals surface area contributed by atoms with Gasteiger partial charge in [0.1, 0.15) is 11.6 Å². The maximum absolute atomic E-state index is 12.1. The first-order chi connectivity index (χ1) is 13.5. The zero-order valence-corrected chi connectivity index (χ0v) is 17.3. The van der Waals surface area contributed by atoms with Gasteiger partial charge in [0.15, 0.2) is 5.69 Å². The normalized spacial score (nSPS) is 14.4. The highest BCUT2D eigenvalue weighted by Crippen LogP contribution is 2.31. The number of esters is 1. The lowest BCUT2D eigenvalue weighted by molar-refractivity contribution is 0.0594. The number of fused-ring (bicyclic) bond motifs is 1. The van der Waals surface area contributed by atoms with Crippen molar-refractivity contribution in [2.24, 2.45) is 0 Å². The maximum atomic E-state index is 12.1. The van der Waals surface area contributed by atoms with E-state index in [1.54, 1.807) is 6.20 Å². The number of aromatic nitrogens is 3. The second-order valence-electron chi connectivity index (χ2n) is 6.62. The number of benzene rings is 1. The van der Waals surface area contributed by atoms with Crippen LogP contribution in [0.25, 0.3) is 10.9 Å². The summed E-state index contributed by atoms with van der Waals surface area (Å²) in [6.45, 7) is 5.20. The van der Waals surface area contributed by atoms with Crippen molar-refractivity contribution in [1.29, 1.82) is 0 Å². The smallest absolute Gasteiger partial charge is 0.356 e. The summed E-state index contributed by atoms with van der Waals surface area (Å²) in [5.74, 6) is 1.29. The minimum atomic E-state index is -0.429. The van der Waals surface area contributed by atoms with Crippen LogP contribution >= 0.6 is 15.9 Å². The van der Waals surface area contributed by atoms with Gasteiger partial charge in [-0.25, -0.2) is 19.7 Å². The Kier molecular flexibility index (Phi) is 5.13. The van der Waals surface area contributed by atoms with Crippen molar-refractivity contribution in [3.8, 4) is 0 Å². The molecule has 0 N–H and O–H groups in total. The molecule has 1 aliphatic heterocycles. The van der Waals surface area contributed by atoms with Gasteiger partial charge in [0, 0.05) is 47.9 Å². The molecular formula is C20H20BrN5O2. The summed E-state index contributed by atoms with van der Waals surface area (Å²) < 4.78 is 5.86. The lowest BCUT2D eigenvalue weighted by Crippen LogP contribution is -2.47. The molecule has 28 heavy (non-hydrogen) atoms. The number of ether oxygens (including phenoxy) is 1. The zero-order valence-electron chi connectivity index (χ0n) is 15.7. The Labute approximate surface area is 171 Å². The van der Waals surface area contributed by atoms with Crippen LogP contribution in [0, 0.1) is 6.92 Å². The summed E-state index contributed by atoms with van der Waals surface area (Å²) >= 11 is 3.54. The first-order valence-electron chi connectivity index (χ1n) is 9.03. The van der Waals surface area contributed by atoms with Gasteiger partial charge in [-0.15, -0.1) is 0 Å². The summed E-state index contributed by atoms with van der Waals surface area (Å²) in [6, 6.07) is 9.64. The number of aryl methyl sites for hydroxylation is 1. The Hall–Kier alpha value is -2.74. The first-order valence-corrected chi connectivity index (χ1v) is 9.82. The van der Waals surface area contributed by atoms with Crippen LogP contribution in [0.2, 0.25) is 0 Å². The van der Waals surface area contributed by atoms with Gasteiger partial charge in [-0.05, 0) is 37.3 Å². The third kappa shape index (κ3) is 3.64. The minimum Gasteiger partial charge on any atom is -0.464 e. The lowest BCUT2D eigenvalue weighted by atomic mass is 10.1. The first kappa shape index (κ1) is 18.6. The van der Waals surface area contributed by atoms with Gasteiger partial charge in [-0.2, -0.15) is 0 Å². The topological polar surface area (TPSA) is 71.5 Å². The third-order valence-electron chi connectivity index (χ3n) is 4.85. The van der Waals surface area contributed by atoms with Crippen molar-refractivity contribution < 1.29 is 9.53 Å². The number of carbonyl (C=O) groups excluding carboxylic acids is 1. The molecule has 3 aromatic rings. The van der Waals surface area contributed by atoms with E-state index in [2.05, 4.69) is 40.7 Å². The van der Waals surface area contributed by atoms with Gasteiger partial charge >= 0.3 is 5.97 Å². The van der Waals surface area contributed by atoms with Crippen LogP contribution in [0.3, 0.4) is 0 Å². The molecule has 7 nitrogen and oxygen atoms in total. The molecule has 0 spiro atoms. The number of nitrogens with zero attached hydrogens (tertiary/aromatic N) is 5. The molecule has 0 amide bonds. The zero-order chi connectivity index (χ0) is 19.7. The molecular weight excluding hydrogens is 422 g/mol. The summed E-state index contributed by atoms with van der Waals surface area (Å²) in [6.07, 6.45) is 1.79. The van der Waals surface area contributed by atoms with Crippen LogP contribution < -0.4 is 9.80 Å². The minimum absolute atomic E-state index is 0.321. The molecule has 1 aliphatic rings. The summed E-state index contributed by atoms with van der Waals surface area (Å²) in [7, 11) is 1.37. The van der Waals surface area contributed by atoms with E-state index in [1.165, 1.54) is 7.11 Å². The predicted molar refractivity (Wildman–Crippen MR) is 112 cm³/mol. The maximum Gasteiger partial charge on any atom is 0.356 e. The largest absolute Gasteiger partial charge is 0.464 e. The number of methoxy groups -OCH3 is 1. The third-order valence-corrected chi connectivity index (χ3v) is 5.34. The molecule has 2 aromatic heterocycles. The van der Waals surface area contributed by atoms with Crippen molar-refractivity contribution in [2.75, 3.05) is 43.1 Å². The van der Waals surface area contributed by atoms with Crippen LogP contribution in [0.15, 0.2) is 41.0 Å². The standard InChI is InChI=1S/C20H20BrN5O2/c1-13-22-6-5-19(23-13)26-9-7-25(8-10-26)18-12-17(20(27)28-2)24-16-4-3-14(21)11-15(16)18/h3-6,11-12H,7-10H2,1-2H3. The molecule has 0 saturated carbocycles. The highest BCUT2D eigenvalue weighted by Gasteiger charge is 2.22. The SMILES string of the molecule is COC(=O)c1cc(N2CCN(c3ccnc(C)n3)CC2)c2cc(Br)ccc2n1. The number of hydrogen-bond donors (Lipinski definition) is 0. The van der Waals surface area contributed by atoms with Gasteiger partial charge in [0.2, 0.25) is 0 Å². The quantitative estimate of drug-likeness (QED) is 0.577. The summed E-state index contributed by atoms with van der Waals surface area (Å²) in [5, 5.41) is 1.01. The average Bonchev–Trinajstić information content (AvgIpc) is 2.72. The van der Waals surface area contributed by atoms with Crippen LogP contribution in [-0.2, 0) is 4.74 Å². The summed E-state index contributed by atoms with van der Waals surface area (Å²) in [4.78, 5) is 29.8. The van der Waals surface area contributed by atoms with E-state index in [4.69, 9.17) is 4.74 Å². The lowest BCUT2D eigenvalue weighted by Gasteiger charge is -2.37. The molecule has 0 unspecified atom stereocenters. The van der Waals surface area contributed by atoms with Gasteiger partial charge in [-0.3, -0.25) is 0 Å². The predicted octanol–water partition coefficient (Wildman–Crippen LogP) is 3.21. The highest BCUT2D eigenvalue weighted by molar-refractivity contribution is 9.10. The second kappa shape index (κ2) is 7.71.